The maximum Gasteiger partial charge on any atom is 0.279 e. The van der Waals surface area contributed by atoms with E-state index in [4.69, 9.17) is 0 Å². The highest BCUT2D eigenvalue weighted by molar-refractivity contribution is 9.10. The monoisotopic (exact) mass is 357 g/mol. The van der Waals surface area contributed by atoms with Gasteiger partial charge in [-0.25, -0.2) is 9.67 Å². The van der Waals surface area contributed by atoms with Crippen LogP contribution in [0.25, 0.3) is 5.69 Å². The van der Waals surface area contributed by atoms with Crippen LogP contribution in [0.4, 0.5) is 5.82 Å². The zero-order valence-corrected chi connectivity index (χ0v) is 13.3. The Morgan fingerprint density at radius 3 is 2.64 bits per heavy atom. The predicted molar refractivity (Wildman–Crippen MR) is 86.0 cm³/mol. The minimum atomic E-state index is -0.354. The minimum Gasteiger partial charge on any atom is -0.305 e. The van der Waals surface area contributed by atoms with Gasteiger partial charge >= 0.3 is 0 Å². The van der Waals surface area contributed by atoms with Crippen molar-refractivity contribution in [3.63, 3.8) is 0 Å². The summed E-state index contributed by atoms with van der Waals surface area (Å²) in [6.07, 6.45) is 3.19. The molecule has 1 aromatic carbocycles. The highest BCUT2D eigenvalue weighted by Gasteiger charge is 2.12. The summed E-state index contributed by atoms with van der Waals surface area (Å²) in [7, 11) is 0. The molecule has 0 aliphatic heterocycles. The van der Waals surface area contributed by atoms with Crippen molar-refractivity contribution in [1.82, 2.24) is 20.0 Å². The number of pyridine rings is 1. The summed E-state index contributed by atoms with van der Waals surface area (Å²) in [5.41, 5.74) is 2.23. The lowest BCUT2D eigenvalue weighted by Crippen LogP contribution is -2.13. The van der Waals surface area contributed by atoms with Gasteiger partial charge in [0, 0.05) is 10.7 Å². The van der Waals surface area contributed by atoms with Crippen LogP contribution in [-0.2, 0) is 0 Å². The average molecular weight is 358 g/mol. The smallest absolute Gasteiger partial charge is 0.279 e. The molecule has 1 amide bonds. The molecule has 0 atom stereocenters. The highest BCUT2D eigenvalue weighted by atomic mass is 79.9. The first-order valence-corrected chi connectivity index (χ1v) is 7.33. The number of nitrogens with zero attached hydrogens (tertiary/aromatic N) is 4. The minimum absolute atomic E-state index is 0.227. The number of carbonyl (C=O) groups is 1. The summed E-state index contributed by atoms with van der Waals surface area (Å²) in [5, 5.41) is 10.5. The molecular formula is C15H12BrN5O. The lowest BCUT2D eigenvalue weighted by Gasteiger charge is -2.01. The molecule has 2 heterocycles. The Hall–Kier alpha value is -2.54. The molecule has 0 fully saturated rings. The second kappa shape index (κ2) is 6.07. The number of aromatic nitrogens is 4. The number of halogens is 1. The van der Waals surface area contributed by atoms with Crippen LogP contribution in [0.3, 0.4) is 0 Å². The number of benzene rings is 1. The van der Waals surface area contributed by atoms with Gasteiger partial charge < -0.3 is 5.32 Å². The van der Waals surface area contributed by atoms with Gasteiger partial charge in [0.15, 0.2) is 5.69 Å². The van der Waals surface area contributed by atoms with E-state index < -0.39 is 0 Å². The number of aryl methyl sites for hydroxylation is 1. The van der Waals surface area contributed by atoms with Crippen LogP contribution in [-0.4, -0.2) is 25.9 Å². The van der Waals surface area contributed by atoms with Crippen molar-refractivity contribution in [1.29, 1.82) is 0 Å². The van der Waals surface area contributed by atoms with Crippen molar-refractivity contribution in [2.24, 2.45) is 0 Å². The molecule has 0 bridgehead atoms. The fourth-order valence-corrected chi connectivity index (χ4v) is 2.06. The molecule has 0 saturated heterocycles. The van der Waals surface area contributed by atoms with E-state index in [1.807, 2.05) is 31.2 Å². The van der Waals surface area contributed by atoms with Crippen molar-refractivity contribution in [2.45, 2.75) is 6.92 Å². The van der Waals surface area contributed by atoms with E-state index in [9.17, 15) is 4.79 Å². The molecule has 7 heteroatoms. The van der Waals surface area contributed by atoms with Crippen molar-refractivity contribution >= 4 is 27.7 Å². The maximum absolute atomic E-state index is 12.1. The molecule has 1 N–H and O–H groups in total. The molecule has 0 saturated carbocycles. The van der Waals surface area contributed by atoms with Crippen molar-refractivity contribution in [3.05, 3.63) is 64.5 Å². The molecule has 3 rings (SSSR count). The molecule has 0 aliphatic carbocycles. The Labute approximate surface area is 135 Å². The van der Waals surface area contributed by atoms with Crippen molar-refractivity contribution in [3.8, 4) is 5.69 Å². The first kappa shape index (κ1) is 14.4. The van der Waals surface area contributed by atoms with E-state index in [1.54, 1.807) is 29.2 Å². The zero-order valence-electron chi connectivity index (χ0n) is 11.7. The molecule has 2 aromatic heterocycles. The Balaban J connectivity index is 1.76. The number of nitrogens with one attached hydrogen (secondary N) is 1. The van der Waals surface area contributed by atoms with Crippen LogP contribution in [0.5, 0.6) is 0 Å². The van der Waals surface area contributed by atoms with E-state index in [0.29, 0.717) is 5.82 Å². The number of rotatable bonds is 3. The van der Waals surface area contributed by atoms with Crippen LogP contribution in [0, 0.1) is 6.92 Å². The number of hydrogen-bond acceptors (Lipinski definition) is 4. The summed E-state index contributed by atoms with van der Waals surface area (Å²) in [6, 6.07) is 11.3. The molecule has 110 valence electrons. The Bertz CT molecular complexity index is 796. The summed E-state index contributed by atoms with van der Waals surface area (Å²) >= 11 is 3.29. The normalized spacial score (nSPS) is 10.5. The summed E-state index contributed by atoms with van der Waals surface area (Å²) in [4.78, 5) is 16.2. The topological polar surface area (TPSA) is 72.7 Å². The first-order chi connectivity index (χ1) is 10.6. The summed E-state index contributed by atoms with van der Waals surface area (Å²) < 4.78 is 2.40. The maximum atomic E-state index is 12.1. The lowest BCUT2D eigenvalue weighted by atomic mass is 10.2. The van der Waals surface area contributed by atoms with Crippen molar-refractivity contribution < 1.29 is 4.79 Å². The Kier molecular flexibility index (Phi) is 3.97. The van der Waals surface area contributed by atoms with E-state index in [1.165, 1.54) is 0 Å². The molecule has 6 nitrogen and oxygen atoms in total. The number of carbonyl (C=O) groups excluding carboxylic acids is 1. The highest BCUT2D eigenvalue weighted by Crippen LogP contribution is 2.12. The Morgan fingerprint density at radius 1 is 1.18 bits per heavy atom. The van der Waals surface area contributed by atoms with E-state index in [2.05, 4.69) is 36.5 Å². The molecule has 22 heavy (non-hydrogen) atoms. The average Bonchev–Trinajstić information content (AvgIpc) is 3.00. The summed E-state index contributed by atoms with van der Waals surface area (Å²) in [6.45, 7) is 2.01. The molecule has 0 aliphatic rings. The van der Waals surface area contributed by atoms with Gasteiger partial charge in [0.1, 0.15) is 5.82 Å². The van der Waals surface area contributed by atoms with Gasteiger partial charge in [-0.1, -0.05) is 22.9 Å². The molecule has 0 radical (unpaired) electrons. The zero-order chi connectivity index (χ0) is 15.5. The van der Waals surface area contributed by atoms with E-state index >= 15 is 0 Å². The van der Waals surface area contributed by atoms with Gasteiger partial charge in [0.05, 0.1) is 11.9 Å². The molecule has 3 aromatic rings. The van der Waals surface area contributed by atoms with Crippen LogP contribution in [0.15, 0.2) is 53.3 Å². The third-order valence-electron chi connectivity index (χ3n) is 2.99. The third-order valence-corrected chi connectivity index (χ3v) is 3.46. The Morgan fingerprint density at radius 2 is 1.95 bits per heavy atom. The van der Waals surface area contributed by atoms with Crippen LogP contribution in [0.1, 0.15) is 16.1 Å². The van der Waals surface area contributed by atoms with Crippen molar-refractivity contribution in [2.75, 3.05) is 5.32 Å². The van der Waals surface area contributed by atoms with Crippen LogP contribution < -0.4 is 5.32 Å². The SMILES string of the molecule is Cc1ccc(-n2cc(C(=O)Nc3ccc(Br)cn3)nn2)cc1. The molecule has 0 spiro atoms. The first-order valence-electron chi connectivity index (χ1n) is 6.54. The van der Waals surface area contributed by atoms with Crippen LogP contribution >= 0.6 is 15.9 Å². The van der Waals surface area contributed by atoms with Crippen LogP contribution in [0.2, 0.25) is 0 Å². The lowest BCUT2D eigenvalue weighted by molar-refractivity contribution is 0.102. The van der Waals surface area contributed by atoms with E-state index in [-0.39, 0.29) is 11.6 Å². The quantitative estimate of drug-likeness (QED) is 0.781. The molecular weight excluding hydrogens is 346 g/mol. The van der Waals surface area contributed by atoms with Gasteiger partial charge in [0.2, 0.25) is 0 Å². The fraction of sp³-hybridized carbons (Fsp3) is 0.0667. The van der Waals surface area contributed by atoms with Gasteiger partial charge in [-0.15, -0.1) is 5.10 Å². The third kappa shape index (κ3) is 3.20. The second-order valence-electron chi connectivity index (χ2n) is 4.70. The standard InChI is InChI=1S/C15H12BrN5O/c1-10-2-5-12(6-3-10)21-9-13(19-20-21)15(22)18-14-7-4-11(16)8-17-14/h2-9H,1H3,(H,17,18,22). The molecule has 0 unspecified atom stereocenters. The number of hydrogen-bond donors (Lipinski definition) is 1. The van der Waals surface area contributed by atoms with Gasteiger partial charge in [-0.3, -0.25) is 4.79 Å². The van der Waals surface area contributed by atoms with Gasteiger partial charge in [-0.05, 0) is 47.1 Å². The largest absolute Gasteiger partial charge is 0.305 e. The second-order valence-corrected chi connectivity index (χ2v) is 5.62. The number of anilines is 1. The predicted octanol–water partition coefficient (Wildman–Crippen LogP) is 2.99. The van der Waals surface area contributed by atoms with Gasteiger partial charge in [-0.2, -0.15) is 0 Å². The van der Waals surface area contributed by atoms with Gasteiger partial charge in [0.25, 0.3) is 5.91 Å². The number of amides is 1. The fourth-order valence-electron chi connectivity index (χ4n) is 1.82. The van der Waals surface area contributed by atoms with E-state index in [0.717, 1.165) is 15.7 Å². The summed E-state index contributed by atoms with van der Waals surface area (Å²) in [5.74, 6) is 0.103.